The summed E-state index contributed by atoms with van der Waals surface area (Å²) in [5.74, 6) is 0.0600. The second-order valence-corrected chi connectivity index (χ2v) is 6.02. The molecule has 0 radical (unpaired) electrons. The summed E-state index contributed by atoms with van der Waals surface area (Å²) in [6.07, 6.45) is 2.00. The molecule has 0 aromatic heterocycles. The van der Waals surface area contributed by atoms with Crippen molar-refractivity contribution in [3.05, 3.63) is 11.4 Å². The maximum absolute atomic E-state index is 12.8. The molecule has 2 aliphatic rings. The van der Waals surface area contributed by atoms with Gasteiger partial charge in [0.15, 0.2) is 0 Å². The zero-order valence-electron chi connectivity index (χ0n) is 9.65. The standard InChI is InChI=1S/C12H20FN/c1-9(13)10-5-12(6-10)7-14(8-12)11(2,3)4/h5-8H2,1-4H3. The van der Waals surface area contributed by atoms with Crippen LogP contribution in [0.25, 0.3) is 0 Å². The van der Waals surface area contributed by atoms with Crippen molar-refractivity contribution in [2.75, 3.05) is 13.1 Å². The summed E-state index contributed by atoms with van der Waals surface area (Å²) in [6.45, 7) is 10.6. The van der Waals surface area contributed by atoms with Crippen LogP contribution in [0.2, 0.25) is 0 Å². The molecule has 1 spiro atoms. The molecule has 80 valence electrons. The summed E-state index contributed by atoms with van der Waals surface area (Å²) >= 11 is 0. The Morgan fingerprint density at radius 3 is 2.14 bits per heavy atom. The molecule has 0 unspecified atom stereocenters. The highest BCUT2D eigenvalue weighted by atomic mass is 19.1. The molecule has 14 heavy (non-hydrogen) atoms. The van der Waals surface area contributed by atoms with Gasteiger partial charge in [0.2, 0.25) is 0 Å². The van der Waals surface area contributed by atoms with Crippen molar-refractivity contribution in [2.45, 2.75) is 46.1 Å². The molecule has 1 saturated heterocycles. The molecular weight excluding hydrogens is 177 g/mol. The highest BCUT2D eigenvalue weighted by molar-refractivity contribution is 5.25. The van der Waals surface area contributed by atoms with E-state index in [1.807, 2.05) is 0 Å². The SMILES string of the molecule is CC(F)=C1CC2(C1)CN(C(C)(C)C)C2. The van der Waals surface area contributed by atoms with Crippen molar-refractivity contribution >= 4 is 0 Å². The van der Waals surface area contributed by atoms with Crippen LogP contribution < -0.4 is 0 Å². The molecule has 2 heteroatoms. The summed E-state index contributed by atoms with van der Waals surface area (Å²) in [6, 6.07) is 0. The number of rotatable bonds is 0. The van der Waals surface area contributed by atoms with E-state index in [9.17, 15) is 4.39 Å². The fraction of sp³-hybridized carbons (Fsp3) is 0.833. The maximum atomic E-state index is 12.8. The van der Waals surface area contributed by atoms with Gasteiger partial charge in [-0.15, -0.1) is 0 Å². The minimum absolute atomic E-state index is 0.0600. The van der Waals surface area contributed by atoms with Crippen LogP contribution in [0.5, 0.6) is 0 Å². The summed E-state index contributed by atoms with van der Waals surface area (Å²) in [5, 5.41) is 0. The first-order chi connectivity index (χ1) is 6.32. The predicted molar refractivity (Wildman–Crippen MR) is 56.8 cm³/mol. The molecule has 0 amide bonds. The number of halogens is 1. The quantitative estimate of drug-likeness (QED) is 0.576. The lowest BCUT2D eigenvalue weighted by atomic mass is 9.59. The van der Waals surface area contributed by atoms with E-state index in [-0.39, 0.29) is 11.4 Å². The lowest BCUT2D eigenvalue weighted by molar-refractivity contribution is -0.0824. The number of allylic oxidation sites excluding steroid dienone is 2. The Balaban J connectivity index is 1.89. The molecule has 1 aliphatic carbocycles. The summed E-state index contributed by atoms with van der Waals surface area (Å²) < 4.78 is 12.8. The zero-order valence-corrected chi connectivity index (χ0v) is 9.65. The van der Waals surface area contributed by atoms with E-state index in [1.165, 1.54) is 0 Å². The van der Waals surface area contributed by atoms with Crippen LogP contribution in [-0.4, -0.2) is 23.5 Å². The van der Waals surface area contributed by atoms with Crippen LogP contribution in [0.3, 0.4) is 0 Å². The summed E-state index contributed by atoms with van der Waals surface area (Å²) in [7, 11) is 0. The van der Waals surface area contributed by atoms with Crippen LogP contribution >= 0.6 is 0 Å². The molecule has 1 nitrogen and oxygen atoms in total. The van der Waals surface area contributed by atoms with Crippen LogP contribution in [0.4, 0.5) is 4.39 Å². The lowest BCUT2D eigenvalue weighted by Crippen LogP contribution is -2.65. The minimum atomic E-state index is 0.0600. The van der Waals surface area contributed by atoms with Crippen molar-refractivity contribution in [1.29, 1.82) is 0 Å². The average Bonchev–Trinajstić information content (AvgIpc) is 1.74. The Morgan fingerprint density at radius 2 is 1.79 bits per heavy atom. The van der Waals surface area contributed by atoms with Crippen molar-refractivity contribution in [3.63, 3.8) is 0 Å². The first-order valence-electron chi connectivity index (χ1n) is 5.42. The van der Waals surface area contributed by atoms with Crippen LogP contribution in [0.1, 0.15) is 40.5 Å². The third-order valence-corrected chi connectivity index (χ3v) is 3.67. The van der Waals surface area contributed by atoms with E-state index in [0.717, 1.165) is 31.5 Å². The molecule has 0 aromatic rings. The van der Waals surface area contributed by atoms with E-state index in [0.29, 0.717) is 5.41 Å². The minimum Gasteiger partial charge on any atom is -0.297 e. The first-order valence-corrected chi connectivity index (χ1v) is 5.42. The van der Waals surface area contributed by atoms with Gasteiger partial charge in [0.25, 0.3) is 0 Å². The van der Waals surface area contributed by atoms with E-state index in [4.69, 9.17) is 0 Å². The third-order valence-electron chi connectivity index (χ3n) is 3.67. The van der Waals surface area contributed by atoms with Gasteiger partial charge in [-0.2, -0.15) is 0 Å². The molecular formula is C12H20FN. The van der Waals surface area contributed by atoms with Crippen molar-refractivity contribution in [3.8, 4) is 0 Å². The highest BCUT2D eigenvalue weighted by Gasteiger charge is 2.52. The number of hydrogen-bond acceptors (Lipinski definition) is 1. The molecule has 0 aromatic carbocycles. The fourth-order valence-corrected chi connectivity index (χ4v) is 2.56. The van der Waals surface area contributed by atoms with Gasteiger partial charge in [-0.1, -0.05) is 0 Å². The Kier molecular flexibility index (Phi) is 2.04. The molecule has 2 rings (SSSR count). The van der Waals surface area contributed by atoms with E-state index in [2.05, 4.69) is 25.7 Å². The smallest absolute Gasteiger partial charge is 0.0961 e. The second kappa shape index (κ2) is 2.82. The summed E-state index contributed by atoms with van der Waals surface area (Å²) in [4.78, 5) is 2.48. The largest absolute Gasteiger partial charge is 0.297 e. The normalized spacial score (nSPS) is 25.9. The Morgan fingerprint density at radius 1 is 1.29 bits per heavy atom. The third kappa shape index (κ3) is 1.50. The molecule has 0 N–H and O–H groups in total. The molecule has 1 heterocycles. The summed E-state index contributed by atoms with van der Waals surface area (Å²) in [5.41, 5.74) is 1.80. The van der Waals surface area contributed by atoms with Crippen LogP contribution in [0, 0.1) is 5.41 Å². The monoisotopic (exact) mass is 197 g/mol. The Hall–Kier alpha value is -0.370. The molecule has 0 atom stereocenters. The molecule has 1 aliphatic heterocycles. The lowest BCUT2D eigenvalue weighted by Gasteiger charge is -2.61. The van der Waals surface area contributed by atoms with Crippen molar-refractivity contribution in [1.82, 2.24) is 4.90 Å². The van der Waals surface area contributed by atoms with Crippen molar-refractivity contribution < 1.29 is 4.39 Å². The predicted octanol–water partition coefficient (Wildman–Crippen LogP) is 3.12. The molecule has 1 saturated carbocycles. The first kappa shape index (κ1) is 10.2. The van der Waals surface area contributed by atoms with E-state index >= 15 is 0 Å². The fourth-order valence-electron chi connectivity index (χ4n) is 2.56. The van der Waals surface area contributed by atoms with Crippen molar-refractivity contribution in [2.24, 2.45) is 5.41 Å². The van der Waals surface area contributed by atoms with Gasteiger partial charge in [0.1, 0.15) is 0 Å². The zero-order chi connectivity index (χ0) is 10.6. The van der Waals surface area contributed by atoms with Gasteiger partial charge in [0, 0.05) is 24.0 Å². The Bertz CT molecular complexity index is 265. The van der Waals surface area contributed by atoms with E-state index < -0.39 is 0 Å². The maximum Gasteiger partial charge on any atom is 0.0961 e. The molecule has 2 fully saturated rings. The van der Waals surface area contributed by atoms with Gasteiger partial charge in [-0.3, -0.25) is 4.90 Å². The van der Waals surface area contributed by atoms with Crippen LogP contribution in [-0.2, 0) is 0 Å². The second-order valence-electron chi connectivity index (χ2n) is 6.02. The van der Waals surface area contributed by atoms with Gasteiger partial charge in [-0.25, -0.2) is 4.39 Å². The van der Waals surface area contributed by atoms with Gasteiger partial charge < -0.3 is 0 Å². The van der Waals surface area contributed by atoms with Gasteiger partial charge in [0.05, 0.1) is 5.83 Å². The van der Waals surface area contributed by atoms with Crippen LogP contribution in [0.15, 0.2) is 11.4 Å². The number of likely N-dealkylation sites (tertiary alicyclic amines) is 1. The van der Waals surface area contributed by atoms with Gasteiger partial charge in [-0.05, 0) is 46.1 Å². The van der Waals surface area contributed by atoms with Gasteiger partial charge >= 0.3 is 0 Å². The number of nitrogens with zero attached hydrogens (tertiary/aromatic N) is 1. The average molecular weight is 197 g/mol. The Labute approximate surface area is 86.0 Å². The number of hydrogen-bond donors (Lipinski definition) is 0. The molecule has 0 bridgehead atoms. The highest BCUT2D eigenvalue weighted by Crippen LogP contribution is 2.54. The van der Waals surface area contributed by atoms with E-state index in [1.54, 1.807) is 6.92 Å². The topological polar surface area (TPSA) is 3.24 Å².